The molecule has 0 unspecified atom stereocenters. The van der Waals surface area contributed by atoms with Gasteiger partial charge in [-0.05, 0) is 47.3 Å². The third-order valence-corrected chi connectivity index (χ3v) is 7.26. The van der Waals surface area contributed by atoms with Crippen LogP contribution in [0.3, 0.4) is 0 Å². The summed E-state index contributed by atoms with van der Waals surface area (Å²) in [6.07, 6.45) is 4.72. The highest BCUT2D eigenvalue weighted by Crippen LogP contribution is 2.32. The van der Waals surface area contributed by atoms with Gasteiger partial charge >= 0.3 is 0 Å². The van der Waals surface area contributed by atoms with Gasteiger partial charge in [0, 0.05) is 18.0 Å². The van der Waals surface area contributed by atoms with E-state index < -0.39 is 10.0 Å². The molecule has 0 saturated heterocycles. The van der Waals surface area contributed by atoms with Gasteiger partial charge in [0.2, 0.25) is 10.0 Å². The van der Waals surface area contributed by atoms with Gasteiger partial charge < -0.3 is 5.32 Å². The molecule has 0 bridgehead atoms. The zero-order valence-corrected chi connectivity index (χ0v) is 14.8. The van der Waals surface area contributed by atoms with Crippen LogP contribution in [0.15, 0.2) is 14.7 Å². The predicted octanol–water partition coefficient (Wildman–Crippen LogP) is 3.09. The molecule has 0 radical (unpaired) electrons. The summed E-state index contributed by atoms with van der Waals surface area (Å²) in [6.45, 7) is 4.17. The zero-order valence-electron chi connectivity index (χ0n) is 11.6. The number of nitrogens with one attached hydrogen (secondary N) is 2. The van der Waals surface area contributed by atoms with Gasteiger partial charge in [-0.15, -0.1) is 11.3 Å². The SMILES string of the molecule is CCNCc1cc(S(=O)(=O)NCC2CCCC2)c(Br)s1. The van der Waals surface area contributed by atoms with Crippen molar-refractivity contribution in [2.75, 3.05) is 13.1 Å². The van der Waals surface area contributed by atoms with Crippen LogP contribution >= 0.6 is 27.3 Å². The first-order valence-corrected chi connectivity index (χ1v) is 10.1. The van der Waals surface area contributed by atoms with E-state index in [0.717, 1.165) is 24.3 Å². The highest BCUT2D eigenvalue weighted by molar-refractivity contribution is 9.11. The lowest BCUT2D eigenvalue weighted by Gasteiger charge is -2.10. The Morgan fingerprint density at radius 3 is 2.75 bits per heavy atom. The van der Waals surface area contributed by atoms with E-state index in [4.69, 9.17) is 0 Å². The fourth-order valence-electron chi connectivity index (χ4n) is 2.44. The Bertz CT molecular complexity index is 537. The Kier molecular flexibility index (Phi) is 6.04. The molecule has 1 aliphatic carbocycles. The summed E-state index contributed by atoms with van der Waals surface area (Å²) >= 11 is 4.84. The lowest BCUT2D eigenvalue weighted by Crippen LogP contribution is -2.28. The third-order valence-electron chi connectivity index (χ3n) is 3.58. The van der Waals surface area contributed by atoms with Crippen molar-refractivity contribution in [3.05, 3.63) is 14.7 Å². The quantitative estimate of drug-likeness (QED) is 0.763. The average molecular weight is 381 g/mol. The molecule has 2 N–H and O–H groups in total. The second-order valence-corrected chi connectivity index (χ2v) is 9.32. The van der Waals surface area contributed by atoms with Gasteiger partial charge in [0.1, 0.15) is 4.90 Å². The maximum Gasteiger partial charge on any atom is 0.242 e. The van der Waals surface area contributed by atoms with E-state index >= 15 is 0 Å². The van der Waals surface area contributed by atoms with E-state index in [1.54, 1.807) is 6.07 Å². The molecule has 0 spiro atoms. The molecular formula is C13H21BrN2O2S2. The summed E-state index contributed by atoms with van der Waals surface area (Å²) in [4.78, 5) is 1.40. The van der Waals surface area contributed by atoms with Crippen LogP contribution in [-0.4, -0.2) is 21.5 Å². The molecule has 7 heteroatoms. The second kappa shape index (κ2) is 7.35. The highest BCUT2D eigenvalue weighted by Gasteiger charge is 2.23. The first kappa shape index (κ1) is 16.4. The van der Waals surface area contributed by atoms with Crippen LogP contribution in [0.5, 0.6) is 0 Å². The van der Waals surface area contributed by atoms with Crippen LogP contribution in [0.4, 0.5) is 0 Å². The monoisotopic (exact) mass is 380 g/mol. The van der Waals surface area contributed by atoms with Gasteiger partial charge in [0.05, 0.1) is 3.79 Å². The van der Waals surface area contributed by atoms with Crippen LogP contribution in [0.2, 0.25) is 0 Å². The largest absolute Gasteiger partial charge is 0.312 e. The van der Waals surface area contributed by atoms with E-state index in [2.05, 4.69) is 26.0 Å². The van der Waals surface area contributed by atoms with Crippen LogP contribution in [0.1, 0.15) is 37.5 Å². The topological polar surface area (TPSA) is 58.2 Å². The van der Waals surface area contributed by atoms with Gasteiger partial charge in [-0.1, -0.05) is 19.8 Å². The van der Waals surface area contributed by atoms with Crippen molar-refractivity contribution >= 4 is 37.3 Å². The van der Waals surface area contributed by atoms with Crippen LogP contribution in [0.25, 0.3) is 0 Å². The molecule has 1 saturated carbocycles. The molecule has 1 aromatic rings. The van der Waals surface area contributed by atoms with Crippen LogP contribution < -0.4 is 10.0 Å². The Labute approximate surface area is 133 Å². The lowest BCUT2D eigenvalue weighted by molar-refractivity contribution is 0.519. The summed E-state index contributed by atoms with van der Waals surface area (Å²) in [7, 11) is -3.40. The van der Waals surface area contributed by atoms with Crippen molar-refractivity contribution in [2.24, 2.45) is 5.92 Å². The molecule has 1 heterocycles. The van der Waals surface area contributed by atoms with Gasteiger partial charge in [-0.25, -0.2) is 13.1 Å². The molecule has 1 aliphatic rings. The van der Waals surface area contributed by atoms with E-state index in [0.29, 0.717) is 27.7 Å². The summed E-state index contributed by atoms with van der Waals surface area (Å²) < 4.78 is 28.1. The van der Waals surface area contributed by atoms with E-state index in [1.165, 1.54) is 24.2 Å². The van der Waals surface area contributed by atoms with Crippen LogP contribution in [-0.2, 0) is 16.6 Å². The molecule has 20 heavy (non-hydrogen) atoms. The average Bonchev–Trinajstić information content (AvgIpc) is 3.03. The van der Waals surface area contributed by atoms with E-state index in [9.17, 15) is 8.42 Å². The summed E-state index contributed by atoms with van der Waals surface area (Å²) in [5.41, 5.74) is 0. The first-order valence-electron chi connectivity index (χ1n) is 7.01. The molecule has 0 aromatic carbocycles. The summed E-state index contributed by atoms with van der Waals surface area (Å²) in [5, 5.41) is 3.21. The Morgan fingerprint density at radius 1 is 1.40 bits per heavy atom. The zero-order chi connectivity index (χ0) is 14.6. The molecule has 114 valence electrons. The van der Waals surface area contributed by atoms with Gasteiger partial charge in [0.15, 0.2) is 0 Å². The third kappa shape index (κ3) is 4.27. The van der Waals surface area contributed by atoms with E-state index in [-0.39, 0.29) is 0 Å². The summed E-state index contributed by atoms with van der Waals surface area (Å²) in [6, 6.07) is 1.76. The lowest BCUT2D eigenvalue weighted by atomic mass is 10.1. The minimum Gasteiger partial charge on any atom is -0.312 e. The highest BCUT2D eigenvalue weighted by atomic mass is 79.9. The Hall–Kier alpha value is 0.0500. The molecule has 0 atom stereocenters. The maximum atomic E-state index is 12.3. The minimum atomic E-state index is -3.40. The number of hydrogen-bond acceptors (Lipinski definition) is 4. The molecule has 2 rings (SSSR count). The molecule has 0 aliphatic heterocycles. The second-order valence-electron chi connectivity index (χ2n) is 5.13. The van der Waals surface area contributed by atoms with Gasteiger partial charge in [-0.2, -0.15) is 0 Å². The van der Waals surface area contributed by atoms with Crippen molar-refractivity contribution in [1.29, 1.82) is 0 Å². The molecule has 4 nitrogen and oxygen atoms in total. The number of hydrogen-bond donors (Lipinski definition) is 2. The van der Waals surface area contributed by atoms with Gasteiger partial charge in [0.25, 0.3) is 0 Å². The normalized spacial score (nSPS) is 16.9. The Morgan fingerprint density at radius 2 is 2.10 bits per heavy atom. The van der Waals surface area contributed by atoms with Crippen molar-refractivity contribution in [3.8, 4) is 0 Å². The summed E-state index contributed by atoms with van der Waals surface area (Å²) in [5.74, 6) is 0.503. The smallest absolute Gasteiger partial charge is 0.242 e. The number of thiophene rings is 1. The fourth-order valence-corrected chi connectivity index (χ4v) is 6.20. The Balaban J connectivity index is 2.02. The van der Waals surface area contributed by atoms with Crippen LogP contribution in [0, 0.1) is 5.92 Å². The maximum absolute atomic E-state index is 12.3. The number of sulfonamides is 1. The van der Waals surface area contributed by atoms with Crippen molar-refractivity contribution in [3.63, 3.8) is 0 Å². The number of rotatable bonds is 7. The van der Waals surface area contributed by atoms with E-state index in [1.807, 2.05) is 6.92 Å². The van der Waals surface area contributed by atoms with Crippen molar-refractivity contribution in [2.45, 2.75) is 44.0 Å². The predicted molar refractivity (Wildman–Crippen MR) is 86.5 cm³/mol. The fraction of sp³-hybridized carbons (Fsp3) is 0.692. The molecule has 1 fully saturated rings. The molecule has 0 amide bonds. The van der Waals surface area contributed by atoms with Crippen molar-refractivity contribution < 1.29 is 8.42 Å². The van der Waals surface area contributed by atoms with Crippen molar-refractivity contribution in [1.82, 2.24) is 10.0 Å². The first-order chi connectivity index (χ1) is 9.53. The molecular weight excluding hydrogens is 360 g/mol. The minimum absolute atomic E-state index is 0.369. The molecule has 1 aromatic heterocycles. The van der Waals surface area contributed by atoms with Gasteiger partial charge in [-0.3, -0.25) is 0 Å². The standard InChI is InChI=1S/C13H21BrN2O2S2/c1-2-15-9-11-7-12(13(14)19-11)20(17,18)16-8-10-5-3-4-6-10/h7,10,15-16H,2-6,8-9H2,1H3. The number of halogens is 1.